The molecule has 1 heteroatoms. The highest BCUT2D eigenvalue weighted by molar-refractivity contribution is 7.12. The average Bonchev–Trinajstić information content (AvgIpc) is 2.72. The minimum atomic E-state index is 0.260. The summed E-state index contributed by atoms with van der Waals surface area (Å²) in [7, 11) is 0. The summed E-state index contributed by atoms with van der Waals surface area (Å²) in [5.74, 6) is 0.800. The fourth-order valence-corrected chi connectivity index (χ4v) is 4.94. The molecule has 0 aliphatic heterocycles. The average molecular weight is 337 g/mol. The van der Waals surface area contributed by atoms with Gasteiger partial charge in [-0.2, -0.15) is 0 Å². The zero-order valence-electron chi connectivity index (χ0n) is 17.2. The van der Waals surface area contributed by atoms with E-state index in [0.29, 0.717) is 0 Å². The van der Waals surface area contributed by atoms with Crippen molar-refractivity contribution < 1.29 is 0 Å². The van der Waals surface area contributed by atoms with Crippen LogP contribution in [0.3, 0.4) is 0 Å². The van der Waals surface area contributed by atoms with Crippen LogP contribution in [0.25, 0.3) is 0 Å². The molecular formula is C22H40S. The number of thiophene rings is 1. The highest BCUT2D eigenvalue weighted by atomic mass is 32.1. The standard InChI is InChI=1S/C22H40S/c1-10-11-12-13-14-16(2)15-18-17(3)19(21(4,5)6)23-20(18)22(7,8)9/h16H,10-15H2,1-9H3. The summed E-state index contributed by atoms with van der Waals surface area (Å²) in [4.78, 5) is 3.22. The molecule has 134 valence electrons. The van der Waals surface area contributed by atoms with E-state index in [4.69, 9.17) is 0 Å². The van der Waals surface area contributed by atoms with Crippen LogP contribution in [0.15, 0.2) is 0 Å². The molecule has 1 atom stereocenters. The summed E-state index contributed by atoms with van der Waals surface area (Å²) in [6, 6.07) is 0. The van der Waals surface area contributed by atoms with Gasteiger partial charge in [-0.3, -0.25) is 0 Å². The van der Waals surface area contributed by atoms with Crippen molar-refractivity contribution in [2.75, 3.05) is 0 Å². The van der Waals surface area contributed by atoms with Crippen molar-refractivity contribution in [3.8, 4) is 0 Å². The second kappa shape index (κ2) is 8.19. The Labute approximate surface area is 150 Å². The van der Waals surface area contributed by atoms with E-state index in [1.807, 2.05) is 0 Å². The van der Waals surface area contributed by atoms with Crippen LogP contribution in [-0.4, -0.2) is 0 Å². The largest absolute Gasteiger partial charge is 0.144 e. The van der Waals surface area contributed by atoms with Gasteiger partial charge in [0.05, 0.1) is 0 Å². The van der Waals surface area contributed by atoms with Crippen molar-refractivity contribution in [2.24, 2.45) is 5.92 Å². The lowest BCUT2D eigenvalue weighted by atomic mass is 9.83. The van der Waals surface area contributed by atoms with Crippen LogP contribution in [0, 0.1) is 12.8 Å². The van der Waals surface area contributed by atoms with Gasteiger partial charge in [0.15, 0.2) is 0 Å². The molecule has 1 unspecified atom stereocenters. The van der Waals surface area contributed by atoms with Gasteiger partial charge in [-0.15, -0.1) is 11.3 Å². The Hall–Kier alpha value is -0.300. The first-order valence-electron chi connectivity index (χ1n) is 9.61. The van der Waals surface area contributed by atoms with Crippen LogP contribution < -0.4 is 0 Å². The van der Waals surface area contributed by atoms with Gasteiger partial charge < -0.3 is 0 Å². The van der Waals surface area contributed by atoms with Crippen molar-refractivity contribution >= 4 is 11.3 Å². The van der Waals surface area contributed by atoms with Gasteiger partial charge in [0.1, 0.15) is 0 Å². The second-order valence-corrected chi connectivity index (χ2v) is 10.5. The van der Waals surface area contributed by atoms with E-state index in [1.54, 1.807) is 20.9 Å². The summed E-state index contributed by atoms with van der Waals surface area (Å²) < 4.78 is 0. The monoisotopic (exact) mass is 336 g/mol. The molecule has 1 heterocycles. The molecule has 0 bridgehead atoms. The Morgan fingerprint density at radius 1 is 0.870 bits per heavy atom. The number of unbranched alkanes of at least 4 members (excludes halogenated alkanes) is 3. The predicted molar refractivity (Wildman–Crippen MR) is 108 cm³/mol. The molecule has 0 saturated heterocycles. The van der Waals surface area contributed by atoms with Crippen molar-refractivity contribution in [2.45, 2.75) is 112 Å². The molecule has 1 aromatic heterocycles. The van der Waals surface area contributed by atoms with Gasteiger partial charge in [-0.25, -0.2) is 0 Å². The molecule has 0 radical (unpaired) electrons. The topological polar surface area (TPSA) is 0 Å². The molecule has 1 aromatic rings. The van der Waals surface area contributed by atoms with Gasteiger partial charge in [0.2, 0.25) is 0 Å². The Balaban J connectivity index is 2.98. The molecular weight excluding hydrogens is 296 g/mol. The van der Waals surface area contributed by atoms with Gasteiger partial charge >= 0.3 is 0 Å². The third-order valence-electron chi connectivity index (χ3n) is 4.74. The third-order valence-corrected chi connectivity index (χ3v) is 6.92. The van der Waals surface area contributed by atoms with Crippen molar-refractivity contribution in [3.05, 3.63) is 20.9 Å². The second-order valence-electron chi connectivity index (χ2n) is 9.52. The molecule has 0 spiro atoms. The minimum absolute atomic E-state index is 0.260. The van der Waals surface area contributed by atoms with Gasteiger partial charge in [0.25, 0.3) is 0 Å². The third kappa shape index (κ3) is 5.93. The Bertz CT molecular complexity index is 479. The molecule has 0 N–H and O–H groups in total. The quantitative estimate of drug-likeness (QED) is 0.445. The summed E-state index contributed by atoms with van der Waals surface area (Å²) in [5, 5.41) is 0. The molecule has 0 aliphatic rings. The minimum Gasteiger partial charge on any atom is -0.144 e. The number of rotatable bonds is 7. The maximum Gasteiger partial charge on any atom is 0.0137 e. The first-order chi connectivity index (χ1) is 10.5. The lowest BCUT2D eigenvalue weighted by Gasteiger charge is -2.21. The first kappa shape index (κ1) is 20.7. The Morgan fingerprint density at radius 2 is 1.43 bits per heavy atom. The number of hydrogen-bond donors (Lipinski definition) is 0. The van der Waals surface area contributed by atoms with E-state index in [1.165, 1.54) is 38.5 Å². The SMILES string of the molecule is CCCCCCC(C)Cc1c(C(C)(C)C)sc(C(C)(C)C)c1C. The predicted octanol–water partition coefficient (Wildman–Crippen LogP) is 7.80. The molecule has 0 nitrogen and oxygen atoms in total. The Kier molecular flexibility index (Phi) is 7.38. The maximum absolute atomic E-state index is 2.45. The molecule has 0 saturated carbocycles. The van der Waals surface area contributed by atoms with Crippen LogP contribution in [-0.2, 0) is 17.3 Å². The molecule has 0 amide bonds. The van der Waals surface area contributed by atoms with E-state index >= 15 is 0 Å². The summed E-state index contributed by atoms with van der Waals surface area (Å²) in [6.45, 7) is 21.3. The molecule has 1 rings (SSSR count). The van der Waals surface area contributed by atoms with Crippen LogP contribution in [0.4, 0.5) is 0 Å². The summed E-state index contributed by atoms with van der Waals surface area (Å²) in [5.41, 5.74) is 3.76. The molecule has 0 aliphatic carbocycles. The highest BCUT2D eigenvalue weighted by Gasteiger charge is 2.29. The Morgan fingerprint density at radius 3 is 1.91 bits per heavy atom. The zero-order chi connectivity index (χ0) is 17.8. The fourth-order valence-electron chi connectivity index (χ4n) is 3.48. The van der Waals surface area contributed by atoms with E-state index in [2.05, 4.69) is 73.7 Å². The number of hydrogen-bond acceptors (Lipinski definition) is 1. The van der Waals surface area contributed by atoms with Gasteiger partial charge in [-0.05, 0) is 41.2 Å². The van der Waals surface area contributed by atoms with Crippen LogP contribution in [0.2, 0.25) is 0 Å². The molecule has 0 fully saturated rings. The lowest BCUT2D eigenvalue weighted by Crippen LogP contribution is -2.13. The van der Waals surface area contributed by atoms with Gasteiger partial charge in [0, 0.05) is 9.75 Å². The summed E-state index contributed by atoms with van der Waals surface area (Å²) >= 11 is 2.07. The smallest absolute Gasteiger partial charge is 0.0137 e. The van der Waals surface area contributed by atoms with Crippen LogP contribution in [0.5, 0.6) is 0 Å². The van der Waals surface area contributed by atoms with Crippen molar-refractivity contribution in [3.63, 3.8) is 0 Å². The van der Waals surface area contributed by atoms with Crippen LogP contribution >= 0.6 is 11.3 Å². The highest BCUT2D eigenvalue weighted by Crippen LogP contribution is 2.43. The van der Waals surface area contributed by atoms with E-state index in [9.17, 15) is 0 Å². The summed E-state index contributed by atoms with van der Waals surface area (Å²) in [6.07, 6.45) is 8.17. The maximum atomic E-state index is 2.45. The molecule has 0 aromatic carbocycles. The van der Waals surface area contributed by atoms with Crippen molar-refractivity contribution in [1.82, 2.24) is 0 Å². The normalized spacial score (nSPS) is 14.3. The molecule has 23 heavy (non-hydrogen) atoms. The zero-order valence-corrected chi connectivity index (χ0v) is 18.0. The first-order valence-corrected chi connectivity index (χ1v) is 10.4. The van der Waals surface area contributed by atoms with E-state index in [-0.39, 0.29) is 10.8 Å². The lowest BCUT2D eigenvalue weighted by molar-refractivity contribution is 0.481. The van der Waals surface area contributed by atoms with Crippen LogP contribution in [0.1, 0.15) is 108 Å². The fraction of sp³-hybridized carbons (Fsp3) is 0.818. The van der Waals surface area contributed by atoms with Crippen molar-refractivity contribution in [1.29, 1.82) is 0 Å². The van der Waals surface area contributed by atoms with E-state index in [0.717, 1.165) is 5.92 Å². The van der Waals surface area contributed by atoms with E-state index < -0.39 is 0 Å². The van der Waals surface area contributed by atoms with Gasteiger partial charge in [-0.1, -0.05) is 87.5 Å².